The molecule has 0 aromatic heterocycles. The summed E-state index contributed by atoms with van der Waals surface area (Å²) in [4.78, 5) is 76.0. The van der Waals surface area contributed by atoms with E-state index >= 15 is 0 Å². The van der Waals surface area contributed by atoms with E-state index in [0.29, 0.717) is 41.7 Å². The van der Waals surface area contributed by atoms with Crippen LogP contribution in [-0.2, 0) is 28.7 Å². The number of benzene rings is 1. The van der Waals surface area contributed by atoms with E-state index in [-0.39, 0.29) is 65.9 Å². The summed E-state index contributed by atoms with van der Waals surface area (Å²) < 4.78 is 5.65. The van der Waals surface area contributed by atoms with Crippen molar-refractivity contribution in [3.05, 3.63) is 88.2 Å². The fraction of sp³-hybridized carbons (Fsp3) is 0.463. The van der Waals surface area contributed by atoms with Crippen LogP contribution in [0.15, 0.2) is 82.6 Å². The van der Waals surface area contributed by atoms with Gasteiger partial charge in [-0.3, -0.25) is 24.0 Å². The first-order valence-electron chi connectivity index (χ1n) is 17.8. The van der Waals surface area contributed by atoms with E-state index in [2.05, 4.69) is 10.6 Å². The van der Waals surface area contributed by atoms with Gasteiger partial charge in [0.25, 0.3) is 5.91 Å². The van der Waals surface area contributed by atoms with Crippen LogP contribution >= 0.6 is 0 Å². The van der Waals surface area contributed by atoms with Crippen LogP contribution in [0.5, 0.6) is 0 Å². The molecule has 3 rings (SSSR count). The first-order chi connectivity index (χ1) is 24.5. The molecule has 52 heavy (non-hydrogen) atoms. The summed E-state index contributed by atoms with van der Waals surface area (Å²) in [5.41, 5.74) is 2.08. The molecule has 280 valence electrons. The van der Waals surface area contributed by atoms with Crippen molar-refractivity contribution in [2.45, 2.75) is 99.2 Å². The van der Waals surface area contributed by atoms with E-state index in [4.69, 9.17) is 4.74 Å². The second-order valence-electron chi connectivity index (χ2n) is 14.2. The minimum atomic E-state index is -1.31. The topological polar surface area (TPSA) is 179 Å². The van der Waals surface area contributed by atoms with Crippen molar-refractivity contribution in [1.82, 2.24) is 5.32 Å². The third kappa shape index (κ3) is 11.8. The van der Waals surface area contributed by atoms with Crippen LogP contribution in [0, 0.1) is 23.7 Å². The van der Waals surface area contributed by atoms with E-state index in [0.717, 1.165) is 11.6 Å². The van der Waals surface area contributed by atoms with Gasteiger partial charge >= 0.3 is 5.97 Å². The number of nitrogens with one attached hydrogen (secondary N) is 2. The highest BCUT2D eigenvalue weighted by molar-refractivity contribution is 6.23. The van der Waals surface area contributed by atoms with Gasteiger partial charge in [0.1, 0.15) is 6.10 Å². The summed E-state index contributed by atoms with van der Waals surface area (Å²) in [6, 6.07) is 5.62. The second kappa shape index (κ2) is 19.1. The number of allylic oxidation sites excluding steroid dienone is 5. The van der Waals surface area contributed by atoms with Crippen molar-refractivity contribution in [2.75, 3.05) is 5.32 Å². The fourth-order valence-electron chi connectivity index (χ4n) is 6.71. The Balaban J connectivity index is 1.85. The van der Waals surface area contributed by atoms with Crippen molar-refractivity contribution in [2.24, 2.45) is 23.7 Å². The Labute approximate surface area is 306 Å². The van der Waals surface area contributed by atoms with Crippen LogP contribution in [-0.4, -0.2) is 52.6 Å². The molecular weight excluding hydrogens is 664 g/mol. The molecule has 0 radical (unpaired) electrons. The molecule has 2 bridgehead atoms. The number of carboxylic acids is 1. The zero-order chi connectivity index (χ0) is 38.7. The fourth-order valence-corrected chi connectivity index (χ4v) is 6.71. The second-order valence-corrected chi connectivity index (χ2v) is 14.2. The maximum Gasteiger partial charge on any atom is 0.303 e. The molecule has 6 atom stereocenters. The number of rotatable bonds is 8. The number of Topliss-reactive ketones (excluding diaryl/α,β-unsaturated/α-hetero) is 1. The average molecular weight is 716 g/mol. The van der Waals surface area contributed by atoms with Crippen molar-refractivity contribution >= 4 is 41.0 Å². The lowest BCUT2D eigenvalue weighted by molar-refractivity contribution is -0.255. The minimum absolute atomic E-state index is 0.00292. The lowest BCUT2D eigenvalue weighted by Gasteiger charge is -2.28. The number of unbranched alkanes of at least 4 members (excludes halogenated alkanes) is 1. The van der Waals surface area contributed by atoms with Gasteiger partial charge in [-0.05, 0) is 81.1 Å². The Kier molecular flexibility index (Phi) is 15.2. The number of ketones is 2. The Morgan fingerprint density at radius 1 is 1.00 bits per heavy atom. The lowest BCUT2D eigenvalue weighted by Crippen LogP contribution is -2.33. The van der Waals surface area contributed by atoms with Gasteiger partial charge in [-0.1, -0.05) is 64.1 Å². The molecule has 1 aliphatic carbocycles. The van der Waals surface area contributed by atoms with E-state index in [1.807, 2.05) is 46.8 Å². The largest absolute Gasteiger partial charge is 0.545 e. The Hall–Kier alpha value is -4.90. The van der Waals surface area contributed by atoms with E-state index in [1.54, 1.807) is 19.1 Å². The molecule has 0 fully saturated rings. The zero-order valence-corrected chi connectivity index (χ0v) is 31.1. The number of carbonyl (C=O) groups excluding carboxylic acids is 6. The molecule has 1 aromatic carbocycles. The number of aliphatic hydroxyl groups excluding tert-OH is 1. The molecule has 0 unspecified atom stereocenters. The summed E-state index contributed by atoms with van der Waals surface area (Å²) in [7, 11) is 0. The van der Waals surface area contributed by atoms with Gasteiger partial charge in [0, 0.05) is 53.7 Å². The number of fused-ring (bicyclic) bond motifs is 2. The molecule has 1 heterocycles. The third-order valence-corrected chi connectivity index (χ3v) is 9.50. The zero-order valence-electron chi connectivity index (χ0n) is 31.1. The Bertz CT molecular complexity index is 1700. The van der Waals surface area contributed by atoms with Gasteiger partial charge in [0.05, 0.1) is 17.8 Å². The number of esters is 1. The molecular formula is C41H51N2O9-. The highest BCUT2D eigenvalue weighted by atomic mass is 16.5. The van der Waals surface area contributed by atoms with Gasteiger partial charge in [-0.15, -0.1) is 0 Å². The van der Waals surface area contributed by atoms with Crippen LogP contribution in [0.1, 0.15) is 97.3 Å². The first-order valence-corrected chi connectivity index (χ1v) is 17.8. The number of amides is 2. The molecule has 0 spiro atoms. The predicted molar refractivity (Wildman–Crippen MR) is 195 cm³/mol. The molecule has 2 amide bonds. The molecule has 3 N–H and O–H groups in total. The number of carboxylic acid groups (broad SMARTS) is 1. The highest BCUT2D eigenvalue weighted by Crippen LogP contribution is 2.32. The molecule has 0 saturated carbocycles. The molecule has 11 heteroatoms. The van der Waals surface area contributed by atoms with Gasteiger partial charge < -0.3 is 30.4 Å². The van der Waals surface area contributed by atoms with Crippen LogP contribution in [0.2, 0.25) is 0 Å². The van der Waals surface area contributed by atoms with Gasteiger partial charge in [0.15, 0.2) is 5.78 Å². The maximum atomic E-state index is 13.9. The molecule has 1 aliphatic heterocycles. The van der Waals surface area contributed by atoms with E-state index in [9.17, 15) is 39.0 Å². The van der Waals surface area contributed by atoms with Gasteiger partial charge in [0.2, 0.25) is 11.7 Å². The van der Waals surface area contributed by atoms with E-state index in [1.165, 1.54) is 31.2 Å². The van der Waals surface area contributed by atoms with Crippen LogP contribution in [0.3, 0.4) is 0 Å². The monoisotopic (exact) mass is 715 g/mol. The number of ether oxygens (including phenoxy) is 1. The van der Waals surface area contributed by atoms with Crippen molar-refractivity contribution < 1.29 is 43.7 Å². The summed E-state index contributed by atoms with van der Waals surface area (Å²) in [6.07, 6.45) is 8.88. The van der Waals surface area contributed by atoms with Crippen LogP contribution in [0.4, 0.5) is 5.69 Å². The number of carbonyl (C=O) groups is 6. The van der Waals surface area contributed by atoms with Crippen molar-refractivity contribution in [1.29, 1.82) is 0 Å². The SMILES string of the molecule is CC(=O)O[C@H]1/C(C)=C/[C@H](C)[C@@H](O)[C@@H](C)C[C@H](C)CC2=C(CCCCC(=O)Nc3ccc(C(=O)[O-])cc3)C(=O)C=C(NC(=O)/C(C)=C/C=C\[C@@H]1C)C2=O. The lowest BCUT2D eigenvalue weighted by atomic mass is 9.80. The minimum Gasteiger partial charge on any atom is -0.545 e. The van der Waals surface area contributed by atoms with Crippen molar-refractivity contribution in [3.8, 4) is 0 Å². The maximum absolute atomic E-state index is 13.9. The Morgan fingerprint density at radius 3 is 2.31 bits per heavy atom. The number of aromatic carboxylic acids is 1. The normalized spacial score (nSPS) is 27.7. The number of hydrogen-bond acceptors (Lipinski definition) is 9. The number of hydrogen-bond donors (Lipinski definition) is 3. The number of aliphatic hydroxyl groups is 1. The van der Waals surface area contributed by atoms with Gasteiger partial charge in [-0.25, -0.2) is 0 Å². The first kappa shape index (κ1) is 41.5. The van der Waals surface area contributed by atoms with Crippen LogP contribution < -0.4 is 15.7 Å². The molecule has 2 aliphatic rings. The van der Waals surface area contributed by atoms with Crippen LogP contribution in [0.25, 0.3) is 0 Å². The summed E-state index contributed by atoms with van der Waals surface area (Å²) in [5, 5.41) is 27.6. The quantitative estimate of drug-likeness (QED) is 0.143. The summed E-state index contributed by atoms with van der Waals surface area (Å²) in [5.74, 6) is -4.22. The summed E-state index contributed by atoms with van der Waals surface area (Å²) >= 11 is 0. The average Bonchev–Trinajstić information content (AvgIpc) is 3.07. The molecule has 0 saturated heterocycles. The Morgan fingerprint density at radius 2 is 1.67 bits per heavy atom. The standard InChI is InChI=1S/C41H52N2O9/c1-23-19-26(4)37(47)27(5)21-28(6)39(52-29(7)44)24(2)11-10-12-25(3)40(49)43-34-22-35(45)32(33(20-23)38(34)48)13-8-9-14-36(46)42-31-17-15-30(16-18-31)41(50)51/h10-12,15-18,21-24,26-27,37,39,47H,8-9,13-14,19-20H2,1-7H3,(H,42,46)(H,43,49)(H,50,51)/p-1/b11-10-,25-12+,28-21+/t23-,24-,26-,27-,37-,39+/m0/s1. The highest BCUT2D eigenvalue weighted by Gasteiger charge is 2.32. The molecule has 1 aromatic rings. The smallest absolute Gasteiger partial charge is 0.303 e. The number of anilines is 1. The van der Waals surface area contributed by atoms with E-state index < -0.39 is 35.8 Å². The predicted octanol–water partition coefficient (Wildman–Crippen LogP) is 5.08. The third-order valence-electron chi connectivity index (χ3n) is 9.50. The molecule has 11 nitrogen and oxygen atoms in total. The van der Waals surface area contributed by atoms with Gasteiger partial charge in [-0.2, -0.15) is 0 Å². The van der Waals surface area contributed by atoms with Crippen molar-refractivity contribution in [3.63, 3.8) is 0 Å². The summed E-state index contributed by atoms with van der Waals surface area (Å²) in [6.45, 7) is 12.5.